The zero-order valence-electron chi connectivity index (χ0n) is 9.26. The summed E-state index contributed by atoms with van der Waals surface area (Å²) < 4.78 is 6.88. The van der Waals surface area contributed by atoms with Crippen LogP contribution in [0.4, 0.5) is 5.69 Å². The first-order valence-corrected chi connectivity index (χ1v) is 6.54. The van der Waals surface area contributed by atoms with Crippen molar-refractivity contribution in [1.82, 2.24) is 4.98 Å². The maximum atomic E-state index is 5.96. The Kier molecular flexibility index (Phi) is 2.81. The summed E-state index contributed by atoms with van der Waals surface area (Å²) in [5, 5.41) is 3.54. The maximum Gasteiger partial charge on any atom is 0.154 e. The number of nitrogens with two attached hydrogens (primary N) is 1. The molecule has 2 aromatic heterocycles. The van der Waals surface area contributed by atoms with E-state index in [-0.39, 0.29) is 0 Å². The lowest BCUT2D eigenvalue weighted by atomic mass is 10.3. The Hall–Kier alpha value is -1.78. The van der Waals surface area contributed by atoms with Crippen molar-refractivity contribution in [3.63, 3.8) is 0 Å². The second-order valence-electron chi connectivity index (χ2n) is 3.76. The molecule has 0 radical (unpaired) electrons. The van der Waals surface area contributed by atoms with Gasteiger partial charge in [-0.1, -0.05) is 11.6 Å². The second-order valence-corrected chi connectivity index (χ2v) is 5.11. The van der Waals surface area contributed by atoms with Crippen molar-refractivity contribution in [1.29, 1.82) is 0 Å². The van der Waals surface area contributed by atoms with Crippen LogP contribution in [-0.4, -0.2) is 4.98 Å². The third-order valence-corrected chi connectivity index (χ3v) is 3.72. The Morgan fingerprint density at radius 2 is 2.11 bits per heavy atom. The molecule has 0 atom stereocenters. The Morgan fingerprint density at radius 3 is 2.94 bits per heavy atom. The van der Waals surface area contributed by atoms with Crippen molar-refractivity contribution in [3.05, 3.63) is 47.1 Å². The Bertz CT molecular complexity index is 711. The van der Waals surface area contributed by atoms with Gasteiger partial charge in [0.15, 0.2) is 5.75 Å². The molecule has 0 bridgehead atoms. The minimum Gasteiger partial charge on any atom is -0.455 e. The maximum absolute atomic E-state index is 5.96. The molecule has 0 saturated heterocycles. The SMILES string of the molecule is Nc1ccc(Oc2cncc3sccc23)cc1Cl. The molecule has 3 nitrogen and oxygen atoms in total. The summed E-state index contributed by atoms with van der Waals surface area (Å²) >= 11 is 7.59. The van der Waals surface area contributed by atoms with E-state index >= 15 is 0 Å². The number of aromatic nitrogens is 1. The van der Waals surface area contributed by atoms with Crippen molar-refractivity contribution in [2.75, 3.05) is 5.73 Å². The molecule has 0 fully saturated rings. The minimum absolute atomic E-state index is 0.484. The lowest BCUT2D eigenvalue weighted by Crippen LogP contribution is -1.89. The molecule has 5 heteroatoms. The van der Waals surface area contributed by atoms with Gasteiger partial charge in [0.2, 0.25) is 0 Å². The Morgan fingerprint density at radius 1 is 1.22 bits per heavy atom. The second kappa shape index (κ2) is 4.48. The van der Waals surface area contributed by atoms with Gasteiger partial charge in [0.25, 0.3) is 0 Å². The monoisotopic (exact) mass is 276 g/mol. The summed E-state index contributed by atoms with van der Waals surface area (Å²) in [6.07, 6.45) is 3.52. The number of anilines is 1. The van der Waals surface area contributed by atoms with E-state index in [1.54, 1.807) is 35.7 Å². The number of halogens is 1. The zero-order chi connectivity index (χ0) is 12.5. The molecule has 1 aromatic carbocycles. The fourth-order valence-electron chi connectivity index (χ4n) is 1.65. The highest BCUT2D eigenvalue weighted by Gasteiger charge is 2.06. The quantitative estimate of drug-likeness (QED) is 0.709. The fourth-order valence-corrected chi connectivity index (χ4v) is 2.58. The highest BCUT2D eigenvalue weighted by molar-refractivity contribution is 7.17. The summed E-state index contributed by atoms with van der Waals surface area (Å²) in [5.41, 5.74) is 6.20. The molecule has 0 amide bonds. The molecule has 2 N–H and O–H groups in total. The van der Waals surface area contributed by atoms with E-state index < -0.39 is 0 Å². The van der Waals surface area contributed by atoms with Crippen LogP contribution in [0.2, 0.25) is 5.02 Å². The van der Waals surface area contributed by atoms with Crippen LogP contribution in [-0.2, 0) is 0 Å². The first-order chi connectivity index (χ1) is 8.74. The van der Waals surface area contributed by atoms with Gasteiger partial charge in [-0.2, -0.15) is 0 Å². The number of fused-ring (bicyclic) bond motifs is 1. The van der Waals surface area contributed by atoms with Crippen LogP contribution in [0.3, 0.4) is 0 Å². The minimum atomic E-state index is 0.484. The van der Waals surface area contributed by atoms with E-state index in [1.807, 2.05) is 17.6 Å². The predicted octanol–water partition coefficient (Wildman–Crippen LogP) is 4.32. The van der Waals surface area contributed by atoms with E-state index in [0.29, 0.717) is 16.5 Å². The van der Waals surface area contributed by atoms with Gasteiger partial charge < -0.3 is 10.5 Å². The van der Waals surface area contributed by atoms with Crippen LogP contribution in [0.15, 0.2) is 42.0 Å². The molecular formula is C13H9ClN2OS. The van der Waals surface area contributed by atoms with Crippen LogP contribution < -0.4 is 10.5 Å². The standard InChI is InChI=1S/C13H9ClN2OS/c14-10-5-8(1-2-11(10)15)17-12-6-16-7-13-9(12)3-4-18-13/h1-7H,15H2. The van der Waals surface area contributed by atoms with E-state index in [9.17, 15) is 0 Å². The van der Waals surface area contributed by atoms with E-state index in [0.717, 1.165) is 15.8 Å². The van der Waals surface area contributed by atoms with Gasteiger partial charge in [-0.15, -0.1) is 11.3 Å². The number of hydrogen-bond acceptors (Lipinski definition) is 4. The summed E-state index contributed by atoms with van der Waals surface area (Å²) in [4.78, 5) is 4.15. The number of nitrogens with zero attached hydrogens (tertiary/aromatic N) is 1. The molecule has 3 rings (SSSR count). The van der Waals surface area contributed by atoms with Crippen molar-refractivity contribution in [2.45, 2.75) is 0 Å². The van der Waals surface area contributed by atoms with Crippen molar-refractivity contribution in [3.8, 4) is 11.5 Å². The largest absolute Gasteiger partial charge is 0.455 e. The summed E-state index contributed by atoms with van der Waals surface area (Å²) in [6, 6.07) is 7.21. The molecule has 0 aliphatic rings. The number of rotatable bonds is 2. The molecule has 0 aliphatic heterocycles. The number of pyridine rings is 1. The molecule has 0 unspecified atom stereocenters. The highest BCUT2D eigenvalue weighted by Crippen LogP contribution is 2.33. The summed E-state index contributed by atoms with van der Waals surface area (Å²) in [5.74, 6) is 1.37. The summed E-state index contributed by atoms with van der Waals surface area (Å²) in [7, 11) is 0. The summed E-state index contributed by atoms with van der Waals surface area (Å²) in [6.45, 7) is 0. The van der Waals surface area contributed by atoms with Crippen LogP contribution >= 0.6 is 22.9 Å². The Labute approximate surface area is 113 Å². The molecule has 18 heavy (non-hydrogen) atoms. The van der Waals surface area contributed by atoms with Crippen molar-refractivity contribution < 1.29 is 4.74 Å². The van der Waals surface area contributed by atoms with E-state index in [4.69, 9.17) is 22.1 Å². The molecule has 3 aromatic rings. The molecule has 0 aliphatic carbocycles. The lowest BCUT2D eigenvalue weighted by Gasteiger charge is -2.07. The fraction of sp³-hybridized carbons (Fsp3) is 0. The molecule has 2 heterocycles. The molecule has 90 valence electrons. The normalized spacial score (nSPS) is 10.7. The third-order valence-electron chi connectivity index (χ3n) is 2.54. The number of nitrogen functional groups attached to an aromatic ring is 1. The molecular weight excluding hydrogens is 268 g/mol. The van der Waals surface area contributed by atoms with Gasteiger partial charge in [0.05, 0.1) is 21.6 Å². The van der Waals surface area contributed by atoms with Crippen LogP contribution in [0.25, 0.3) is 10.1 Å². The first kappa shape index (κ1) is 11.3. The molecule has 0 saturated carbocycles. The van der Waals surface area contributed by atoms with Crippen LogP contribution in [0.5, 0.6) is 11.5 Å². The van der Waals surface area contributed by atoms with Gasteiger partial charge in [0, 0.05) is 17.6 Å². The Balaban J connectivity index is 2.01. The average molecular weight is 277 g/mol. The van der Waals surface area contributed by atoms with Crippen LogP contribution in [0, 0.1) is 0 Å². The lowest BCUT2D eigenvalue weighted by molar-refractivity contribution is 0.486. The number of ether oxygens (including phenoxy) is 1. The molecule has 0 spiro atoms. The van der Waals surface area contributed by atoms with E-state index in [2.05, 4.69) is 4.98 Å². The zero-order valence-corrected chi connectivity index (χ0v) is 10.8. The van der Waals surface area contributed by atoms with Gasteiger partial charge in [-0.05, 0) is 23.6 Å². The predicted molar refractivity (Wildman–Crippen MR) is 75.6 cm³/mol. The van der Waals surface area contributed by atoms with E-state index in [1.165, 1.54) is 0 Å². The van der Waals surface area contributed by atoms with Gasteiger partial charge in [0.1, 0.15) is 5.75 Å². The van der Waals surface area contributed by atoms with Crippen molar-refractivity contribution >= 4 is 38.7 Å². The first-order valence-electron chi connectivity index (χ1n) is 5.28. The topological polar surface area (TPSA) is 48.1 Å². The third kappa shape index (κ3) is 2.00. The average Bonchev–Trinajstić information content (AvgIpc) is 2.83. The highest BCUT2D eigenvalue weighted by atomic mass is 35.5. The van der Waals surface area contributed by atoms with Gasteiger partial charge in [-0.3, -0.25) is 4.98 Å². The number of benzene rings is 1. The van der Waals surface area contributed by atoms with Crippen LogP contribution in [0.1, 0.15) is 0 Å². The van der Waals surface area contributed by atoms with Gasteiger partial charge in [-0.25, -0.2) is 0 Å². The number of thiophene rings is 1. The number of hydrogen-bond donors (Lipinski definition) is 1. The van der Waals surface area contributed by atoms with Gasteiger partial charge >= 0.3 is 0 Å². The van der Waals surface area contributed by atoms with Crippen molar-refractivity contribution in [2.24, 2.45) is 0 Å². The smallest absolute Gasteiger partial charge is 0.154 e.